The number of aryl methyl sites for hydroxylation is 2. The first-order valence-electron chi connectivity index (χ1n) is 6.88. The number of rotatable bonds is 4. The van der Waals surface area contributed by atoms with Crippen molar-refractivity contribution in [3.05, 3.63) is 38.8 Å². The number of nitrogens with one attached hydrogen (secondary N) is 2. The van der Waals surface area contributed by atoms with Gasteiger partial charge in [0.25, 0.3) is 0 Å². The minimum Gasteiger partial charge on any atom is -0.325 e. The maximum atomic E-state index is 12.4. The second-order valence-corrected chi connectivity index (χ2v) is 8.41. The van der Waals surface area contributed by atoms with Gasteiger partial charge in [-0.1, -0.05) is 11.6 Å². The predicted octanol–water partition coefficient (Wildman–Crippen LogP) is 2.47. The lowest BCUT2D eigenvalue weighted by atomic mass is 10.0. The van der Waals surface area contributed by atoms with Gasteiger partial charge in [0.1, 0.15) is 0 Å². The van der Waals surface area contributed by atoms with Crippen LogP contribution in [-0.2, 0) is 27.8 Å². The lowest BCUT2D eigenvalue weighted by Gasteiger charge is -2.19. The largest absolute Gasteiger partial charge is 0.325 e. The van der Waals surface area contributed by atoms with Crippen LogP contribution in [0, 0.1) is 6.92 Å². The average Bonchev–Trinajstić information content (AvgIpc) is 2.91. The molecule has 0 spiro atoms. The van der Waals surface area contributed by atoms with Crippen LogP contribution in [0.15, 0.2) is 22.4 Å². The summed E-state index contributed by atoms with van der Waals surface area (Å²) in [6.45, 7) is 1.98. The van der Waals surface area contributed by atoms with E-state index in [-0.39, 0.29) is 22.4 Å². The van der Waals surface area contributed by atoms with E-state index in [9.17, 15) is 13.2 Å². The minimum absolute atomic E-state index is 0.0874. The Morgan fingerprint density at radius 2 is 2.17 bits per heavy atom. The molecule has 1 amide bonds. The smallest absolute Gasteiger partial charge is 0.240 e. The van der Waals surface area contributed by atoms with Crippen molar-refractivity contribution in [2.24, 2.45) is 0 Å². The van der Waals surface area contributed by atoms with Crippen molar-refractivity contribution in [1.82, 2.24) is 9.71 Å². The highest BCUT2D eigenvalue weighted by atomic mass is 35.5. The first-order valence-corrected chi connectivity index (χ1v) is 9.62. The van der Waals surface area contributed by atoms with Crippen molar-refractivity contribution in [2.75, 3.05) is 5.32 Å². The van der Waals surface area contributed by atoms with Gasteiger partial charge in [0, 0.05) is 11.8 Å². The number of halogens is 1. The van der Waals surface area contributed by atoms with Gasteiger partial charge in [-0.05, 0) is 31.0 Å². The number of hydrogen-bond acceptors (Lipinski definition) is 5. The number of thiazole rings is 1. The number of carbonyl (C=O) groups is 1. The number of hydrogen-bond donors (Lipinski definition) is 2. The number of fused-ring (bicyclic) bond motifs is 1. The van der Waals surface area contributed by atoms with Crippen LogP contribution < -0.4 is 10.0 Å². The normalized spacial score (nSPS) is 14.4. The highest BCUT2D eigenvalue weighted by Crippen LogP contribution is 2.33. The molecule has 9 heteroatoms. The zero-order valence-electron chi connectivity index (χ0n) is 12.2. The summed E-state index contributed by atoms with van der Waals surface area (Å²) in [7, 11) is -3.70. The standard InChI is InChI=1S/C14H14ClN3O3S2/c1-8-17-10(7-22-8)6-16-23(20,21)11-4-9-2-3-13(19)18-14(9)12(15)5-11/h4-5,7,16H,2-3,6H2,1H3,(H,18,19). The molecule has 1 aliphatic rings. The Kier molecular flexibility index (Phi) is 4.41. The van der Waals surface area contributed by atoms with Crippen molar-refractivity contribution in [1.29, 1.82) is 0 Å². The van der Waals surface area contributed by atoms with E-state index < -0.39 is 10.0 Å². The van der Waals surface area contributed by atoms with Gasteiger partial charge < -0.3 is 5.32 Å². The molecule has 0 atom stereocenters. The van der Waals surface area contributed by atoms with Gasteiger partial charge in [-0.3, -0.25) is 4.79 Å². The van der Waals surface area contributed by atoms with Crippen LogP contribution in [0.25, 0.3) is 0 Å². The van der Waals surface area contributed by atoms with E-state index in [1.165, 1.54) is 17.4 Å². The molecule has 23 heavy (non-hydrogen) atoms. The summed E-state index contributed by atoms with van der Waals surface area (Å²) in [6, 6.07) is 2.90. The zero-order valence-corrected chi connectivity index (χ0v) is 14.6. The molecule has 2 heterocycles. The summed E-state index contributed by atoms with van der Waals surface area (Å²) in [5, 5.41) is 5.59. The van der Waals surface area contributed by atoms with E-state index in [0.717, 1.165) is 10.6 Å². The molecule has 1 aromatic heterocycles. The predicted molar refractivity (Wildman–Crippen MR) is 89.3 cm³/mol. The average molecular weight is 372 g/mol. The number of anilines is 1. The molecule has 6 nitrogen and oxygen atoms in total. The summed E-state index contributed by atoms with van der Waals surface area (Å²) in [5.41, 5.74) is 1.89. The van der Waals surface area contributed by atoms with Crippen molar-refractivity contribution in [3.63, 3.8) is 0 Å². The monoisotopic (exact) mass is 371 g/mol. The van der Waals surface area contributed by atoms with E-state index >= 15 is 0 Å². The molecule has 0 unspecified atom stereocenters. The molecule has 0 fully saturated rings. The minimum atomic E-state index is -3.70. The Labute approximate surface area is 142 Å². The van der Waals surface area contributed by atoms with E-state index in [2.05, 4.69) is 15.0 Å². The van der Waals surface area contributed by atoms with Crippen molar-refractivity contribution >= 4 is 44.6 Å². The molecule has 0 bridgehead atoms. The molecule has 0 aliphatic carbocycles. The third-order valence-electron chi connectivity index (χ3n) is 3.45. The van der Waals surface area contributed by atoms with Crippen LogP contribution >= 0.6 is 22.9 Å². The summed E-state index contributed by atoms with van der Waals surface area (Å²) < 4.78 is 27.4. The van der Waals surface area contributed by atoms with Crippen molar-refractivity contribution in [2.45, 2.75) is 31.2 Å². The summed E-state index contributed by atoms with van der Waals surface area (Å²) >= 11 is 7.59. The fraction of sp³-hybridized carbons (Fsp3) is 0.286. The number of sulfonamides is 1. The molecule has 0 saturated carbocycles. The van der Waals surface area contributed by atoms with Crippen LogP contribution in [0.4, 0.5) is 5.69 Å². The molecule has 0 radical (unpaired) electrons. The summed E-state index contributed by atoms with van der Waals surface area (Å²) in [5.74, 6) is -0.118. The molecular weight excluding hydrogens is 358 g/mol. The first-order chi connectivity index (χ1) is 10.8. The van der Waals surface area contributed by atoms with Crippen LogP contribution in [0.2, 0.25) is 5.02 Å². The number of amides is 1. The maximum absolute atomic E-state index is 12.4. The van der Waals surface area contributed by atoms with Crippen LogP contribution in [-0.4, -0.2) is 19.3 Å². The third kappa shape index (κ3) is 3.55. The maximum Gasteiger partial charge on any atom is 0.240 e. The molecule has 3 rings (SSSR count). The van der Waals surface area contributed by atoms with Crippen LogP contribution in [0.1, 0.15) is 22.7 Å². The molecule has 0 saturated heterocycles. The molecule has 1 aliphatic heterocycles. The lowest BCUT2D eigenvalue weighted by Crippen LogP contribution is -2.25. The fourth-order valence-electron chi connectivity index (χ4n) is 2.32. The van der Waals surface area contributed by atoms with E-state index in [1.54, 1.807) is 6.07 Å². The van der Waals surface area contributed by atoms with Gasteiger partial charge in [-0.2, -0.15) is 0 Å². The Hall–Kier alpha value is -1.48. The van der Waals surface area contributed by atoms with E-state index in [4.69, 9.17) is 11.6 Å². The first kappa shape index (κ1) is 16.4. The third-order valence-corrected chi connectivity index (χ3v) is 5.95. The molecule has 2 N–H and O–H groups in total. The van der Waals surface area contributed by atoms with Crippen molar-refractivity contribution in [3.8, 4) is 0 Å². The van der Waals surface area contributed by atoms with Gasteiger partial charge >= 0.3 is 0 Å². The Morgan fingerprint density at radius 1 is 1.39 bits per heavy atom. The molecular formula is C14H14ClN3O3S2. The number of aromatic nitrogens is 1. The van der Waals surface area contributed by atoms with Gasteiger partial charge in [-0.25, -0.2) is 18.1 Å². The second kappa shape index (κ2) is 6.20. The van der Waals surface area contributed by atoms with Crippen LogP contribution in [0.5, 0.6) is 0 Å². The number of carbonyl (C=O) groups excluding carboxylic acids is 1. The molecule has 1 aromatic carbocycles. The highest BCUT2D eigenvalue weighted by molar-refractivity contribution is 7.89. The van der Waals surface area contributed by atoms with Gasteiger partial charge in [-0.15, -0.1) is 11.3 Å². The number of benzene rings is 1. The van der Waals surface area contributed by atoms with E-state index in [1.807, 2.05) is 12.3 Å². The lowest BCUT2D eigenvalue weighted by molar-refractivity contribution is -0.116. The van der Waals surface area contributed by atoms with E-state index in [0.29, 0.717) is 24.2 Å². The van der Waals surface area contributed by atoms with Gasteiger partial charge in [0.2, 0.25) is 15.9 Å². The topological polar surface area (TPSA) is 88.2 Å². The highest BCUT2D eigenvalue weighted by Gasteiger charge is 2.23. The molecule has 2 aromatic rings. The van der Waals surface area contributed by atoms with Gasteiger partial charge in [0.15, 0.2) is 0 Å². The SMILES string of the molecule is Cc1nc(CNS(=O)(=O)c2cc(Cl)c3c(c2)CCC(=O)N3)cs1. The zero-order chi connectivity index (χ0) is 16.6. The summed E-state index contributed by atoms with van der Waals surface area (Å²) in [4.78, 5) is 15.7. The number of nitrogens with zero attached hydrogens (tertiary/aromatic N) is 1. The fourth-order valence-corrected chi connectivity index (χ4v) is 4.36. The van der Waals surface area contributed by atoms with Crippen molar-refractivity contribution < 1.29 is 13.2 Å². The Morgan fingerprint density at radius 3 is 2.87 bits per heavy atom. The Bertz CT molecular complexity index is 877. The van der Waals surface area contributed by atoms with Gasteiger partial charge in [0.05, 0.1) is 32.9 Å². The van der Waals surface area contributed by atoms with Crippen LogP contribution in [0.3, 0.4) is 0 Å². The Balaban J connectivity index is 1.85. The molecule has 122 valence electrons. The quantitative estimate of drug-likeness (QED) is 0.864. The summed E-state index contributed by atoms with van der Waals surface area (Å²) in [6.07, 6.45) is 0.786. The second-order valence-electron chi connectivity index (χ2n) is 5.17.